The highest BCUT2D eigenvalue weighted by atomic mass is 32.2. The van der Waals surface area contributed by atoms with Crippen LogP contribution in [0.15, 0.2) is 63.4 Å². The van der Waals surface area contributed by atoms with Crippen LogP contribution in [0.2, 0.25) is 0 Å². The van der Waals surface area contributed by atoms with Crippen LogP contribution in [0.25, 0.3) is 6.08 Å². The zero-order chi connectivity index (χ0) is 30.0. The molecule has 11 N–H and O–H groups in total. The second kappa shape index (κ2) is 20.3. The molecule has 0 bridgehead atoms. The molecule has 2 amide bonds. The number of nitrogens with two attached hydrogens (primary N) is 2. The number of phenols is 2. The van der Waals surface area contributed by atoms with Gasteiger partial charge in [0.15, 0.2) is 16.6 Å². The first-order chi connectivity index (χ1) is 18.3. The molecular formula is C24H29N5O9S2. The average molecular weight is 596 g/mol. The molecule has 4 rings (SSSR count). The summed E-state index contributed by atoms with van der Waals surface area (Å²) in [5.74, 6) is -1.56. The number of amides is 2. The van der Waals surface area contributed by atoms with E-state index in [1.807, 2.05) is 0 Å². The number of phenolic OH excluding ortho intramolecular Hbond substituents is 2. The summed E-state index contributed by atoms with van der Waals surface area (Å²) in [6.07, 6.45) is 2.20. The van der Waals surface area contributed by atoms with E-state index in [9.17, 15) is 19.5 Å². The van der Waals surface area contributed by atoms with Crippen molar-refractivity contribution in [2.45, 2.75) is 13.8 Å². The van der Waals surface area contributed by atoms with Crippen LogP contribution in [0.5, 0.6) is 11.5 Å². The molecule has 14 nitrogen and oxygen atoms in total. The van der Waals surface area contributed by atoms with Gasteiger partial charge in [-0.25, -0.2) is 0 Å². The maximum atomic E-state index is 11.3. The smallest absolute Gasteiger partial charge is 0.300 e. The third-order valence-electron chi connectivity index (χ3n) is 3.50. The lowest BCUT2D eigenvalue weighted by molar-refractivity contribution is -0.135. The van der Waals surface area contributed by atoms with Gasteiger partial charge in [-0.05, 0) is 36.0 Å². The van der Waals surface area contributed by atoms with Crippen LogP contribution in [-0.4, -0.2) is 66.6 Å². The molecule has 0 saturated carbocycles. The normalized spacial score (nSPS) is 13.6. The van der Waals surface area contributed by atoms with Crippen molar-refractivity contribution in [3.05, 3.63) is 64.6 Å². The number of aromatic hydroxyl groups is 2. The number of para-hydroxylation sites is 2. The zero-order valence-corrected chi connectivity index (χ0v) is 23.0. The number of carboxylic acids is 2. The molecule has 0 fully saturated rings. The summed E-state index contributed by atoms with van der Waals surface area (Å²) in [4.78, 5) is 56.9. The van der Waals surface area contributed by atoms with Crippen LogP contribution in [-0.2, 0) is 19.2 Å². The minimum atomic E-state index is -0.833. The quantitative estimate of drug-likeness (QED) is 0.194. The molecular weight excluding hydrogens is 566 g/mol. The minimum Gasteiger partial charge on any atom is -0.507 e. The third-order valence-corrected chi connectivity index (χ3v) is 5.09. The first-order valence-corrected chi connectivity index (χ1v) is 12.2. The molecule has 0 unspecified atom stereocenters. The fourth-order valence-electron chi connectivity index (χ4n) is 2.09. The maximum absolute atomic E-state index is 11.3. The Balaban J connectivity index is 0. The van der Waals surface area contributed by atoms with Gasteiger partial charge in [-0.3, -0.25) is 24.0 Å². The van der Waals surface area contributed by atoms with E-state index in [0.717, 1.165) is 25.6 Å². The first-order valence-electron chi connectivity index (χ1n) is 10.4. The van der Waals surface area contributed by atoms with E-state index in [2.05, 4.69) is 9.98 Å². The van der Waals surface area contributed by atoms with Crippen LogP contribution < -0.4 is 17.6 Å². The van der Waals surface area contributed by atoms with E-state index in [4.69, 9.17) is 36.4 Å². The topological polar surface area (TPSA) is 278 Å². The van der Waals surface area contributed by atoms with Crippen LogP contribution in [0.1, 0.15) is 29.8 Å². The molecule has 2 aromatic rings. The lowest BCUT2D eigenvalue weighted by Gasteiger charge is -1.98. The minimum absolute atomic E-state index is 0. The fraction of sp³-hybridized carbons (Fsp3) is 0.125. The Morgan fingerprint density at radius 2 is 1.30 bits per heavy atom. The highest BCUT2D eigenvalue weighted by Crippen LogP contribution is 2.28. The Morgan fingerprint density at radius 3 is 1.57 bits per heavy atom. The molecule has 0 aromatic heterocycles. The number of hydrogen-bond donors (Lipinski definition) is 7. The maximum Gasteiger partial charge on any atom is 0.300 e. The van der Waals surface area contributed by atoms with E-state index in [-0.39, 0.29) is 34.6 Å². The molecule has 40 heavy (non-hydrogen) atoms. The average Bonchev–Trinajstić information content (AvgIpc) is 3.37. The number of aliphatic carboxylic acids is 2. The molecule has 216 valence electrons. The van der Waals surface area contributed by atoms with Gasteiger partial charge < -0.3 is 38.0 Å². The SMILES string of the molecule is CC(=O)O.CC(=O)O.N.NC1=NC(=O)/C(=C/c2ccccc2O)S1.NC1=NC(=O)CS1.O=Cc1ccccc1O. The number of aldehydes is 1. The van der Waals surface area contributed by atoms with Crippen LogP contribution in [0.4, 0.5) is 0 Å². The number of hydrogen-bond acceptors (Lipinski definition) is 12. The molecule has 2 aliphatic heterocycles. The first kappa shape index (κ1) is 37.5. The van der Waals surface area contributed by atoms with Crippen molar-refractivity contribution >= 4 is 70.0 Å². The molecule has 2 aromatic carbocycles. The summed E-state index contributed by atoms with van der Waals surface area (Å²) >= 11 is 2.39. The zero-order valence-electron chi connectivity index (χ0n) is 21.4. The van der Waals surface area contributed by atoms with Gasteiger partial charge in [-0.15, -0.1) is 0 Å². The molecule has 2 aliphatic rings. The van der Waals surface area contributed by atoms with Gasteiger partial charge >= 0.3 is 0 Å². The highest BCUT2D eigenvalue weighted by Gasteiger charge is 2.19. The fourth-order valence-corrected chi connectivity index (χ4v) is 3.26. The Labute approximate surface area is 237 Å². The number of carbonyl (C=O) groups is 5. The number of carbonyl (C=O) groups excluding carboxylic acids is 3. The Bertz CT molecular complexity index is 1260. The number of amidine groups is 2. The Hall–Kier alpha value is -4.67. The van der Waals surface area contributed by atoms with Crippen molar-refractivity contribution in [3.8, 4) is 11.5 Å². The lowest BCUT2D eigenvalue weighted by Crippen LogP contribution is -2.01. The number of rotatable bonds is 2. The van der Waals surface area contributed by atoms with Crippen molar-refractivity contribution < 1.29 is 44.4 Å². The third kappa shape index (κ3) is 17.7. The van der Waals surface area contributed by atoms with Crippen LogP contribution in [0.3, 0.4) is 0 Å². The van der Waals surface area contributed by atoms with E-state index >= 15 is 0 Å². The largest absolute Gasteiger partial charge is 0.507 e. The molecule has 0 aliphatic carbocycles. The van der Waals surface area contributed by atoms with Crippen molar-refractivity contribution in [1.82, 2.24) is 6.15 Å². The highest BCUT2D eigenvalue weighted by molar-refractivity contribution is 8.18. The van der Waals surface area contributed by atoms with E-state index in [0.29, 0.717) is 33.2 Å². The van der Waals surface area contributed by atoms with Crippen molar-refractivity contribution in [3.63, 3.8) is 0 Å². The summed E-state index contributed by atoms with van der Waals surface area (Å²) in [7, 11) is 0. The molecule has 0 spiro atoms. The monoisotopic (exact) mass is 595 g/mol. The van der Waals surface area contributed by atoms with Crippen LogP contribution in [0, 0.1) is 0 Å². The number of aliphatic imine (C=N–C) groups is 2. The molecule has 0 saturated heterocycles. The standard InChI is InChI=1S/C10H8N2O2S.C7H6O2.C3H4N2OS.2C2H4O2.H3N/c11-10-12-9(14)8(15-10)5-6-3-1-2-4-7(6)13;8-5-6-3-1-2-4-7(6)9;4-3-5-2(6)1-7-3;2*1-2(3)4;/h1-5,13H,(H2,11,12,14);1-5,9H;1H2,(H2,4,5,6);2*1H3,(H,3,4);1H3/b8-5-;;;;;. The Morgan fingerprint density at radius 1 is 0.850 bits per heavy atom. The van der Waals surface area contributed by atoms with Crippen molar-refractivity contribution in [2.24, 2.45) is 21.5 Å². The predicted molar refractivity (Wildman–Crippen MR) is 155 cm³/mol. The Kier molecular flexibility index (Phi) is 19.0. The van der Waals surface area contributed by atoms with Gasteiger partial charge in [0.2, 0.25) is 0 Å². The van der Waals surface area contributed by atoms with Crippen molar-refractivity contribution in [2.75, 3.05) is 5.75 Å². The van der Waals surface area contributed by atoms with E-state index in [1.165, 1.54) is 17.8 Å². The van der Waals surface area contributed by atoms with Gasteiger partial charge in [0.05, 0.1) is 16.2 Å². The number of thioether (sulfide) groups is 2. The second-order valence-electron chi connectivity index (χ2n) is 6.77. The molecule has 0 radical (unpaired) electrons. The molecule has 2 heterocycles. The van der Waals surface area contributed by atoms with E-state index < -0.39 is 11.9 Å². The van der Waals surface area contributed by atoms with Gasteiger partial charge in [-0.2, -0.15) is 9.98 Å². The predicted octanol–water partition coefficient (Wildman–Crippen LogP) is 2.44. The van der Waals surface area contributed by atoms with Crippen molar-refractivity contribution in [1.29, 1.82) is 0 Å². The number of benzene rings is 2. The summed E-state index contributed by atoms with van der Waals surface area (Å²) < 4.78 is 0. The second-order valence-corrected chi connectivity index (χ2v) is 8.83. The molecule has 16 heteroatoms. The lowest BCUT2D eigenvalue weighted by atomic mass is 10.2. The molecule has 0 atom stereocenters. The van der Waals surface area contributed by atoms with Gasteiger partial charge in [0.1, 0.15) is 11.5 Å². The summed E-state index contributed by atoms with van der Waals surface area (Å²) in [5.41, 5.74) is 11.4. The summed E-state index contributed by atoms with van der Waals surface area (Å²) in [6, 6.07) is 13.2. The number of nitrogens with zero attached hydrogens (tertiary/aromatic N) is 2. The van der Waals surface area contributed by atoms with E-state index in [1.54, 1.807) is 48.5 Å². The summed E-state index contributed by atoms with van der Waals surface area (Å²) in [6.45, 7) is 2.17. The summed E-state index contributed by atoms with van der Waals surface area (Å²) in [5, 5.41) is 33.8. The van der Waals surface area contributed by atoms with Gasteiger partial charge in [-0.1, -0.05) is 42.1 Å². The number of carboxylic acid groups (broad SMARTS) is 2. The van der Waals surface area contributed by atoms with Crippen LogP contribution >= 0.6 is 23.5 Å². The van der Waals surface area contributed by atoms with Gasteiger partial charge in [0.25, 0.3) is 23.8 Å². The van der Waals surface area contributed by atoms with Gasteiger partial charge in [0, 0.05) is 19.4 Å².